The standard InChI is InChI=1S/C22H19N2O.C19H24NSi.Ir/c1-2-6-15(5-1)11-16-9-10-23-20(12-16)17-13-19-18-7-3-4-8-21(18)25-22(19)24-14-17;1-21(2,3)19-14-20-18(16-11-5-4-6-12-16)13-17(19)15-9-7-8-10-15;/h3-4,7-10,12-13,15H,1-2,5-6,11H2;4-6,11,13-15H,7-10H2,1-3H3;/q2*-1;. The molecule has 4 heterocycles. The van der Waals surface area contributed by atoms with Crippen LogP contribution in [0.2, 0.25) is 19.6 Å². The first-order chi connectivity index (χ1) is 22.4. The maximum atomic E-state index is 5.79. The Morgan fingerprint density at radius 2 is 1.53 bits per heavy atom. The zero-order valence-corrected chi connectivity index (χ0v) is 31.1. The topological polar surface area (TPSA) is 51.8 Å². The van der Waals surface area contributed by atoms with Crippen LogP contribution in [0.1, 0.15) is 68.4 Å². The molecule has 0 atom stereocenters. The second-order valence-corrected chi connectivity index (χ2v) is 19.2. The van der Waals surface area contributed by atoms with Crippen molar-refractivity contribution in [3.05, 3.63) is 109 Å². The van der Waals surface area contributed by atoms with E-state index in [0.717, 1.165) is 57.1 Å². The number of pyridine rings is 3. The minimum Gasteiger partial charge on any atom is -0.483 e. The van der Waals surface area contributed by atoms with Gasteiger partial charge in [0.2, 0.25) is 0 Å². The van der Waals surface area contributed by atoms with Gasteiger partial charge in [0, 0.05) is 37.9 Å². The van der Waals surface area contributed by atoms with Crippen LogP contribution in [0, 0.1) is 18.2 Å². The average molecular weight is 814 g/mol. The van der Waals surface area contributed by atoms with Crippen molar-refractivity contribution < 1.29 is 24.5 Å². The van der Waals surface area contributed by atoms with Gasteiger partial charge in [0.05, 0.1) is 8.07 Å². The van der Waals surface area contributed by atoms with Gasteiger partial charge in [-0.05, 0) is 71.4 Å². The first-order valence-corrected chi connectivity index (χ1v) is 20.5. The minimum absolute atomic E-state index is 0. The monoisotopic (exact) mass is 814 g/mol. The summed E-state index contributed by atoms with van der Waals surface area (Å²) in [6.07, 6.45) is 19.3. The summed E-state index contributed by atoms with van der Waals surface area (Å²) in [5.74, 6) is 1.58. The van der Waals surface area contributed by atoms with Crippen molar-refractivity contribution in [3.63, 3.8) is 0 Å². The molecule has 243 valence electrons. The number of aromatic nitrogens is 3. The summed E-state index contributed by atoms with van der Waals surface area (Å²) < 4.78 is 5.79. The van der Waals surface area contributed by atoms with E-state index in [9.17, 15) is 0 Å². The van der Waals surface area contributed by atoms with Crippen LogP contribution in [0.15, 0.2) is 89.6 Å². The summed E-state index contributed by atoms with van der Waals surface area (Å²) >= 11 is 0. The molecule has 2 fully saturated rings. The Morgan fingerprint density at radius 3 is 2.30 bits per heavy atom. The number of fused-ring (bicyclic) bond motifs is 3. The van der Waals surface area contributed by atoms with Gasteiger partial charge >= 0.3 is 0 Å². The minimum atomic E-state index is -1.34. The summed E-state index contributed by atoms with van der Waals surface area (Å²) in [5, 5.41) is 3.66. The zero-order valence-electron chi connectivity index (χ0n) is 27.7. The Labute approximate surface area is 293 Å². The Kier molecular flexibility index (Phi) is 10.5. The molecular formula is C41H43IrN3OSi-2. The van der Waals surface area contributed by atoms with E-state index in [1.807, 2.05) is 36.5 Å². The number of benzene rings is 2. The summed E-state index contributed by atoms with van der Waals surface area (Å²) in [6, 6.07) is 28.3. The average Bonchev–Trinajstić information content (AvgIpc) is 3.87. The maximum Gasteiger partial charge on any atom is 0.141 e. The fourth-order valence-corrected chi connectivity index (χ4v) is 8.96. The molecule has 0 bridgehead atoms. The van der Waals surface area contributed by atoms with Crippen LogP contribution >= 0.6 is 0 Å². The molecule has 4 aromatic heterocycles. The van der Waals surface area contributed by atoms with Crippen LogP contribution in [0.4, 0.5) is 0 Å². The molecule has 2 saturated carbocycles. The Hall–Kier alpha value is -3.44. The van der Waals surface area contributed by atoms with Crippen molar-refractivity contribution in [2.45, 2.75) is 83.3 Å². The molecule has 0 unspecified atom stereocenters. The van der Waals surface area contributed by atoms with E-state index >= 15 is 0 Å². The summed E-state index contributed by atoms with van der Waals surface area (Å²) in [5.41, 5.74) is 8.49. The molecule has 6 aromatic rings. The van der Waals surface area contributed by atoms with Gasteiger partial charge in [-0.1, -0.05) is 99.6 Å². The van der Waals surface area contributed by atoms with Crippen LogP contribution in [0.3, 0.4) is 0 Å². The van der Waals surface area contributed by atoms with Crippen molar-refractivity contribution in [1.29, 1.82) is 0 Å². The van der Waals surface area contributed by atoms with Crippen LogP contribution in [0.25, 0.3) is 44.6 Å². The summed E-state index contributed by atoms with van der Waals surface area (Å²) in [6.45, 7) is 7.28. The molecule has 47 heavy (non-hydrogen) atoms. The molecule has 0 saturated heterocycles. The van der Waals surface area contributed by atoms with Gasteiger partial charge in [-0.25, -0.2) is 0 Å². The third kappa shape index (κ3) is 7.67. The summed E-state index contributed by atoms with van der Waals surface area (Å²) in [4.78, 5) is 13.7. The quantitative estimate of drug-likeness (QED) is 0.124. The van der Waals surface area contributed by atoms with E-state index in [-0.39, 0.29) is 20.1 Å². The Morgan fingerprint density at radius 1 is 0.787 bits per heavy atom. The van der Waals surface area contributed by atoms with Crippen molar-refractivity contribution in [1.82, 2.24) is 15.0 Å². The molecule has 4 nitrogen and oxygen atoms in total. The van der Waals surface area contributed by atoms with Gasteiger partial charge in [-0.2, -0.15) is 0 Å². The van der Waals surface area contributed by atoms with Crippen molar-refractivity contribution in [2.75, 3.05) is 0 Å². The first-order valence-electron chi connectivity index (χ1n) is 17.0. The van der Waals surface area contributed by atoms with Gasteiger partial charge in [-0.15, -0.1) is 47.5 Å². The van der Waals surface area contributed by atoms with E-state index < -0.39 is 8.07 Å². The second-order valence-electron chi connectivity index (χ2n) is 14.2. The van der Waals surface area contributed by atoms with Crippen molar-refractivity contribution >= 4 is 35.3 Å². The summed E-state index contributed by atoms with van der Waals surface area (Å²) in [7, 11) is -1.34. The number of hydrogen-bond donors (Lipinski definition) is 0. The molecule has 0 amide bonds. The third-order valence-corrected chi connectivity index (χ3v) is 11.8. The zero-order chi connectivity index (χ0) is 31.5. The van der Waals surface area contributed by atoms with Gasteiger partial charge in [0.25, 0.3) is 0 Å². The molecule has 1 radical (unpaired) electrons. The fourth-order valence-electron chi connectivity index (χ4n) is 7.36. The van der Waals surface area contributed by atoms with Gasteiger partial charge < -0.3 is 19.4 Å². The molecule has 2 aliphatic rings. The SMILES string of the molecule is C[Si](C)(C)c1cnc(-c2[c-]cccc2)cc1C1CCCC1.[Ir].[c-]1nc2oc3ccccc3c2cc1-c1cc(CC2CCCC2)ccn1. The first kappa shape index (κ1) is 33.5. The van der Waals surface area contributed by atoms with Crippen LogP contribution in [-0.4, -0.2) is 23.0 Å². The van der Waals surface area contributed by atoms with E-state index in [4.69, 9.17) is 9.40 Å². The molecule has 0 spiro atoms. The maximum absolute atomic E-state index is 5.79. The Balaban J connectivity index is 0.000000164. The van der Waals surface area contributed by atoms with Crippen LogP contribution < -0.4 is 5.19 Å². The molecule has 0 N–H and O–H groups in total. The number of para-hydroxylation sites is 1. The smallest absolute Gasteiger partial charge is 0.141 e. The van der Waals surface area contributed by atoms with Crippen molar-refractivity contribution in [2.24, 2.45) is 5.92 Å². The van der Waals surface area contributed by atoms with Gasteiger partial charge in [0.1, 0.15) is 11.3 Å². The van der Waals surface area contributed by atoms with Crippen LogP contribution in [-0.2, 0) is 26.5 Å². The molecular weight excluding hydrogens is 771 g/mol. The Bertz CT molecular complexity index is 1940. The van der Waals surface area contributed by atoms with Crippen LogP contribution in [0.5, 0.6) is 0 Å². The number of hydrogen-bond acceptors (Lipinski definition) is 4. The molecule has 2 aromatic carbocycles. The van der Waals surface area contributed by atoms with E-state index in [1.165, 1.54) is 56.9 Å². The van der Waals surface area contributed by atoms with Gasteiger partial charge in [0.15, 0.2) is 0 Å². The second kappa shape index (κ2) is 14.8. The molecule has 2 aliphatic carbocycles. The molecule has 8 rings (SSSR count). The predicted molar refractivity (Wildman–Crippen MR) is 192 cm³/mol. The van der Waals surface area contributed by atoms with Gasteiger partial charge in [-0.3, -0.25) is 0 Å². The number of furan rings is 1. The predicted octanol–water partition coefficient (Wildman–Crippen LogP) is 10.3. The van der Waals surface area contributed by atoms with Crippen molar-refractivity contribution in [3.8, 4) is 22.5 Å². The van der Waals surface area contributed by atoms with E-state index in [1.54, 1.807) is 10.8 Å². The third-order valence-electron chi connectivity index (χ3n) is 9.80. The molecule has 6 heteroatoms. The van der Waals surface area contributed by atoms with E-state index in [2.05, 4.69) is 90.5 Å². The fraction of sp³-hybridized carbons (Fsp3) is 0.341. The normalized spacial score (nSPS) is 15.5. The molecule has 0 aliphatic heterocycles. The number of rotatable bonds is 6. The largest absolute Gasteiger partial charge is 0.483 e. The van der Waals surface area contributed by atoms with E-state index in [0.29, 0.717) is 5.71 Å². The number of nitrogens with zero attached hydrogens (tertiary/aromatic N) is 3.